The first-order valence-corrected chi connectivity index (χ1v) is 17.7. The van der Waals surface area contributed by atoms with Crippen molar-refractivity contribution < 1.29 is 19.1 Å². The Morgan fingerprint density at radius 1 is 1.10 bits per heavy atom. The van der Waals surface area contributed by atoms with E-state index in [0.717, 1.165) is 19.3 Å². The number of likely N-dealkylation sites (N-methyl/N-ethyl adjacent to an activating group) is 1. The summed E-state index contributed by atoms with van der Waals surface area (Å²) in [6.07, 6.45) is 6.40. The van der Waals surface area contributed by atoms with Crippen LogP contribution >= 0.6 is 23.2 Å². The first-order valence-electron chi connectivity index (χ1n) is 16.9. The van der Waals surface area contributed by atoms with Gasteiger partial charge < -0.3 is 24.6 Å². The molecule has 0 unspecified atom stereocenters. The zero-order chi connectivity index (χ0) is 37.0. The number of methoxy groups -OCH3 is 2. The third kappa shape index (κ3) is 7.93. The number of amides is 2. The van der Waals surface area contributed by atoms with Crippen LogP contribution in [-0.2, 0) is 16.1 Å². The van der Waals surface area contributed by atoms with Crippen LogP contribution in [0.3, 0.4) is 0 Å². The van der Waals surface area contributed by atoms with E-state index in [0.29, 0.717) is 79.1 Å². The van der Waals surface area contributed by atoms with E-state index in [9.17, 15) is 19.6 Å². The van der Waals surface area contributed by atoms with Gasteiger partial charge in [0.15, 0.2) is 0 Å². The third-order valence-corrected chi connectivity index (χ3v) is 10.7. The Balaban J connectivity index is 1.30. The molecule has 0 bridgehead atoms. The fourth-order valence-corrected chi connectivity index (χ4v) is 7.46. The van der Waals surface area contributed by atoms with Gasteiger partial charge in [0.2, 0.25) is 11.9 Å². The number of piperidine rings is 1. The molecule has 2 amide bonds. The number of rotatable bonds is 11. The Kier molecular flexibility index (Phi) is 11.8. The average molecular weight is 740 g/mol. The molecule has 5 rings (SSSR count). The van der Waals surface area contributed by atoms with Crippen LogP contribution in [0.15, 0.2) is 34.8 Å². The first-order chi connectivity index (χ1) is 24.3. The summed E-state index contributed by atoms with van der Waals surface area (Å²) in [4.78, 5) is 54.3. The van der Waals surface area contributed by atoms with Crippen molar-refractivity contribution in [3.8, 4) is 28.7 Å². The minimum atomic E-state index is -0.635. The van der Waals surface area contributed by atoms with Crippen molar-refractivity contribution in [2.24, 2.45) is 5.92 Å². The van der Waals surface area contributed by atoms with Gasteiger partial charge in [-0.15, -0.1) is 0 Å². The summed E-state index contributed by atoms with van der Waals surface area (Å²) < 4.78 is 12.5. The number of piperazine rings is 1. The Labute approximate surface area is 307 Å². The number of carbonyl (C=O) groups excluding carboxylic acids is 2. The lowest BCUT2D eigenvalue weighted by atomic mass is 9.91. The molecule has 0 aliphatic carbocycles. The fraction of sp³-hybridized carbons (Fsp3) is 0.500. The molecule has 0 radical (unpaired) electrons. The molecule has 4 heterocycles. The zero-order valence-corrected chi connectivity index (χ0v) is 31.4. The Hall–Kier alpha value is -4.38. The van der Waals surface area contributed by atoms with Gasteiger partial charge in [-0.1, -0.05) is 23.2 Å². The van der Waals surface area contributed by atoms with Gasteiger partial charge in [-0.2, -0.15) is 10.2 Å². The van der Waals surface area contributed by atoms with Crippen LogP contribution in [0.5, 0.6) is 11.5 Å². The van der Waals surface area contributed by atoms with Crippen molar-refractivity contribution in [3.05, 3.63) is 50.4 Å². The topological polar surface area (TPSA) is 146 Å². The van der Waals surface area contributed by atoms with Gasteiger partial charge in [-0.25, -0.2) is 4.98 Å². The molecule has 2 aromatic heterocycles. The lowest BCUT2D eigenvalue weighted by molar-refractivity contribution is -0.136. The summed E-state index contributed by atoms with van der Waals surface area (Å²) in [7, 11) is 6.44. The average Bonchev–Trinajstić information content (AvgIpc) is 3.12. The Morgan fingerprint density at radius 3 is 2.35 bits per heavy atom. The number of likely N-dealkylation sites (tertiary alicyclic amines) is 1. The normalized spacial score (nSPS) is 16.4. The van der Waals surface area contributed by atoms with Crippen LogP contribution in [0, 0.1) is 17.2 Å². The van der Waals surface area contributed by atoms with E-state index in [2.05, 4.69) is 21.4 Å². The van der Waals surface area contributed by atoms with Crippen LogP contribution in [0.25, 0.3) is 22.2 Å². The van der Waals surface area contributed by atoms with E-state index in [-0.39, 0.29) is 45.1 Å². The van der Waals surface area contributed by atoms with E-state index in [1.807, 2.05) is 18.7 Å². The number of aryl methyl sites for hydroxylation is 1. The van der Waals surface area contributed by atoms with Gasteiger partial charge in [0.1, 0.15) is 28.8 Å². The molecule has 0 spiro atoms. The third-order valence-electron chi connectivity index (χ3n) is 9.91. The number of anilines is 1. The maximum Gasteiger partial charge on any atom is 0.264 e. The number of ether oxygens (including phenoxy) is 2. The lowest BCUT2D eigenvalue weighted by Gasteiger charge is -2.41. The molecule has 51 heavy (non-hydrogen) atoms. The van der Waals surface area contributed by atoms with E-state index in [1.165, 1.54) is 14.2 Å². The fourth-order valence-electron chi connectivity index (χ4n) is 6.76. The second kappa shape index (κ2) is 15.9. The molecule has 2 aliphatic heterocycles. The van der Waals surface area contributed by atoms with Crippen molar-refractivity contribution in [1.82, 2.24) is 29.2 Å². The number of nitrogens with zero attached hydrogens (tertiary/aromatic N) is 7. The minimum absolute atomic E-state index is 0.0164. The highest BCUT2D eigenvalue weighted by Gasteiger charge is 2.33. The van der Waals surface area contributed by atoms with Gasteiger partial charge in [-0.05, 0) is 57.6 Å². The highest BCUT2D eigenvalue weighted by Crippen LogP contribution is 2.45. The highest BCUT2D eigenvalue weighted by molar-refractivity contribution is 6.41. The number of nitriles is 1. The van der Waals surface area contributed by atoms with Gasteiger partial charge >= 0.3 is 0 Å². The molecule has 1 N–H and O–H groups in total. The van der Waals surface area contributed by atoms with Gasteiger partial charge in [-0.3, -0.25) is 23.9 Å². The molecule has 13 nitrogen and oxygen atoms in total. The number of fused-ring (bicyclic) bond motifs is 1. The SMILES string of the molecule is CNc1ncc2cc(-c3c(Cl)c(OC)cc(OC)c3Cl)c(=O)n(CCCC3CCN(C(=O)/C(C#N)=C\C(C)(C)N4CCN(C)C(=O)C4)CC3)c2n1. The van der Waals surface area contributed by atoms with Crippen molar-refractivity contribution in [1.29, 1.82) is 5.26 Å². The number of nitrogens with one attached hydrogen (secondary N) is 1. The van der Waals surface area contributed by atoms with Crippen LogP contribution in [-0.4, -0.2) is 108 Å². The number of halogens is 2. The maximum atomic E-state index is 14.2. The van der Waals surface area contributed by atoms with Crippen molar-refractivity contribution in [2.45, 2.75) is 51.6 Å². The van der Waals surface area contributed by atoms with E-state index in [4.69, 9.17) is 32.7 Å². The van der Waals surface area contributed by atoms with Gasteiger partial charge in [0.05, 0.1) is 36.4 Å². The zero-order valence-electron chi connectivity index (χ0n) is 29.9. The number of hydrogen-bond donors (Lipinski definition) is 1. The monoisotopic (exact) mass is 738 g/mol. The number of benzene rings is 1. The highest BCUT2D eigenvalue weighted by atomic mass is 35.5. The smallest absolute Gasteiger partial charge is 0.264 e. The largest absolute Gasteiger partial charge is 0.495 e. The van der Waals surface area contributed by atoms with Gasteiger partial charge in [0.25, 0.3) is 11.5 Å². The van der Waals surface area contributed by atoms with Crippen molar-refractivity contribution in [2.75, 3.05) is 66.4 Å². The second-order valence-electron chi connectivity index (χ2n) is 13.5. The minimum Gasteiger partial charge on any atom is -0.495 e. The Bertz CT molecular complexity index is 1920. The molecule has 272 valence electrons. The van der Waals surface area contributed by atoms with E-state index in [1.54, 1.807) is 52.9 Å². The maximum absolute atomic E-state index is 14.2. The number of carbonyl (C=O) groups is 2. The second-order valence-corrected chi connectivity index (χ2v) is 14.2. The Morgan fingerprint density at radius 2 is 1.76 bits per heavy atom. The van der Waals surface area contributed by atoms with Crippen LogP contribution in [0.1, 0.15) is 39.5 Å². The van der Waals surface area contributed by atoms with Gasteiger partial charge in [0, 0.05) is 75.6 Å². The lowest BCUT2D eigenvalue weighted by Crippen LogP contribution is -2.55. The molecule has 2 fully saturated rings. The van der Waals surface area contributed by atoms with E-state index >= 15 is 0 Å². The van der Waals surface area contributed by atoms with Crippen molar-refractivity contribution in [3.63, 3.8) is 0 Å². The van der Waals surface area contributed by atoms with E-state index < -0.39 is 5.54 Å². The molecule has 1 aromatic carbocycles. The number of pyridine rings is 1. The van der Waals surface area contributed by atoms with Crippen LogP contribution in [0.2, 0.25) is 10.0 Å². The first kappa shape index (κ1) is 37.9. The summed E-state index contributed by atoms with van der Waals surface area (Å²) in [5.41, 5.74) is 0.187. The summed E-state index contributed by atoms with van der Waals surface area (Å²) in [5, 5.41) is 13.9. The quantitative estimate of drug-likeness (QED) is 0.214. The standard InChI is InChI=1S/C36H44Cl2N8O5/c1-36(2,45-15-14-43(4)28(47)21-45)18-24(19-39)33(48)44-12-9-22(10-13-44)8-7-11-46-32-23(20-41-35(40-3)42-32)16-25(34(46)49)29-30(37)26(50-5)17-27(51-6)31(29)38/h16-18,20,22H,7-15,21H2,1-6H3,(H,40,41,42)/b24-18-. The predicted octanol–water partition coefficient (Wildman–Crippen LogP) is 4.85. The summed E-state index contributed by atoms with van der Waals surface area (Å²) >= 11 is 13.5. The van der Waals surface area contributed by atoms with Crippen LogP contribution in [0.4, 0.5) is 5.95 Å². The molecular weight excluding hydrogens is 695 g/mol. The molecule has 2 saturated heterocycles. The molecule has 2 aliphatic rings. The number of hydrogen-bond acceptors (Lipinski definition) is 10. The molecule has 0 atom stereocenters. The number of aromatic nitrogens is 3. The predicted molar refractivity (Wildman–Crippen MR) is 197 cm³/mol. The summed E-state index contributed by atoms with van der Waals surface area (Å²) in [6, 6.07) is 5.37. The summed E-state index contributed by atoms with van der Waals surface area (Å²) in [6.45, 7) is 6.79. The molecule has 3 aromatic rings. The van der Waals surface area contributed by atoms with Crippen LogP contribution < -0.4 is 20.3 Å². The molecule has 0 saturated carbocycles. The van der Waals surface area contributed by atoms with Crippen molar-refractivity contribution >= 4 is 52.0 Å². The molecule has 15 heteroatoms. The molecular formula is C36H44Cl2N8O5. The summed E-state index contributed by atoms with van der Waals surface area (Å²) in [5.74, 6) is 1.08.